The van der Waals surface area contributed by atoms with Gasteiger partial charge in [-0.2, -0.15) is 39.5 Å². The van der Waals surface area contributed by atoms with Gasteiger partial charge in [0.2, 0.25) is 12.9 Å². The average molecular weight is 1190 g/mol. The highest BCUT2D eigenvalue weighted by Crippen LogP contribution is 2.34. The van der Waals surface area contributed by atoms with Gasteiger partial charge in [-0.15, -0.1) is 0 Å². The second-order valence-corrected chi connectivity index (χ2v) is 19.3. The summed E-state index contributed by atoms with van der Waals surface area (Å²) in [5, 5.41) is 7.72. The summed E-state index contributed by atoms with van der Waals surface area (Å²) in [6.45, 7) is -0.287. The maximum absolute atomic E-state index is 12.0. The molecule has 0 saturated heterocycles. The molecule has 0 bridgehead atoms. The zero-order valence-corrected chi connectivity index (χ0v) is 43.4. The number of rotatable bonds is 27. The molecule has 3 aliphatic rings. The summed E-state index contributed by atoms with van der Waals surface area (Å²) in [6, 6.07) is 0. The smallest absolute Gasteiger partial charge is 0.422 e. The number of alkyl halides is 13. The van der Waals surface area contributed by atoms with E-state index < -0.39 is 113 Å². The first kappa shape index (κ1) is 79.5. The lowest BCUT2D eigenvalue weighted by Crippen LogP contribution is -2.33. The second-order valence-electron chi connectivity index (χ2n) is 19.3. The molecule has 3 fully saturated rings. The Balaban J connectivity index is -0.00000110. The summed E-state index contributed by atoms with van der Waals surface area (Å²) < 4.78 is 183. The van der Waals surface area contributed by atoms with Crippen LogP contribution in [0.5, 0.6) is 0 Å². The third-order valence-corrected chi connectivity index (χ3v) is 12.7. The molecule has 0 spiro atoms. The third-order valence-electron chi connectivity index (χ3n) is 12.7. The molecule has 3 rings (SSSR count). The lowest BCUT2D eigenvalue weighted by Gasteiger charge is -2.29. The predicted molar refractivity (Wildman–Crippen MR) is 269 cm³/mol. The number of alkyl carbamates (subject to hydrolysis) is 3. The summed E-state index contributed by atoms with van der Waals surface area (Å²) >= 11 is 0. The number of esters is 3. The molecule has 0 aliphatic heterocycles. The molecule has 3 aliphatic carbocycles. The van der Waals surface area contributed by atoms with E-state index in [1.165, 1.54) is 0 Å². The van der Waals surface area contributed by atoms with Gasteiger partial charge in [-0.1, -0.05) is 60.8 Å². The summed E-state index contributed by atoms with van der Waals surface area (Å²) in [6.07, 6.45) is -10.9. The van der Waals surface area contributed by atoms with Crippen molar-refractivity contribution in [2.45, 2.75) is 202 Å². The topological polar surface area (TPSA) is 194 Å². The molecule has 3 amide bonds. The number of hydrogen-bond donors (Lipinski definition) is 3. The van der Waals surface area contributed by atoms with Crippen LogP contribution in [0.4, 0.5) is 71.5 Å². The maximum atomic E-state index is 12.0. The molecule has 0 aromatic heterocycles. The van der Waals surface area contributed by atoms with Crippen molar-refractivity contribution in [3.63, 3.8) is 0 Å². The van der Waals surface area contributed by atoms with Gasteiger partial charge in [-0.05, 0) is 100 Å². The number of halogens is 13. The quantitative estimate of drug-likeness (QED) is 0.0401. The molecule has 0 aromatic rings. The van der Waals surface area contributed by atoms with E-state index in [9.17, 15) is 85.8 Å². The zero-order valence-electron chi connectivity index (χ0n) is 43.4. The van der Waals surface area contributed by atoms with Gasteiger partial charge < -0.3 is 44.4 Å². The zero-order chi connectivity index (χ0) is 57.9. The Kier molecular flexibility index (Phi) is 43.7. The van der Waals surface area contributed by atoms with E-state index in [-0.39, 0.29) is 85.0 Å². The molecule has 6 atom stereocenters. The predicted octanol–water partition coefficient (Wildman–Crippen LogP) is 14.2. The van der Waals surface area contributed by atoms with Gasteiger partial charge in [0.15, 0.2) is 6.61 Å². The first-order valence-corrected chi connectivity index (χ1v) is 26.1. The normalized spacial score (nSPS) is 19.9. The fourth-order valence-corrected chi connectivity index (χ4v) is 8.90. The highest BCUT2D eigenvalue weighted by Gasteiger charge is 2.32. The molecule has 3 N–H and O–H groups in total. The van der Waals surface area contributed by atoms with Crippen molar-refractivity contribution in [2.75, 3.05) is 59.3 Å². The monoisotopic (exact) mass is 1190 g/mol. The van der Waals surface area contributed by atoms with Crippen molar-refractivity contribution in [1.29, 1.82) is 0 Å². The first-order valence-electron chi connectivity index (χ1n) is 26.1. The van der Waals surface area contributed by atoms with E-state index in [1.807, 2.05) is 0 Å². The third kappa shape index (κ3) is 47.0. The molecule has 15 nitrogen and oxygen atoms in total. The van der Waals surface area contributed by atoms with E-state index in [0.29, 0.717) is 57.2 Å². The standard InChI is InChI=1S/C17H25F6NO4.C17H27F4NO4.C15H24F3NO4.3CH4/c18-16(19,20)6-8-27-14(25)5-4-12-2-1-3-13(10-12)11-24-15(26)28-9-7-17(21,22)23;18-14(19)6-8-25-16(23)5-4-12-2-1-3-13(10-12)11-22-17(24)26-9-7-15(20)21;1-2-22-14(21)19-9-12-5-3-4-11(8-12)6-7-13(20)23-10-15(16,17)18;;;/h12-13H,1-11H2,(H,24,26);12-15H,1-11H2,(H,22,24);11-12H,2-10H2,1H3,(H,19,21);3*1H4. The van der Waals surface area contributed by atoms with E-state index in [0.717, 1.165) is 70.6 Å². The van der Waals surface area contributed by atoms with Crippen LogP contribution < -0.4 is 16.0 Å². The van der Waals surface area contributed by atoms with Crippen LogP contribution >= 0.6 is 0 Å². The maximum Gasteiger partial charge on any atom is 0.422 e. The summed E-state index contributed by atoms with van der Waals surface area (Å²) in [7, 11) is 0. The Morgan fingerprint density at radius 1 is 0.425 bits per heavy atom. The molecule has 0 aromatic carbocycles. The second kappa shape index (κ2) is 44.0. The minimum Gasteiger partial charge on any atom is -0.465 e. The number of carbonyl (C=O) groups is 6. The van der Waals surface area contributed by atoms with E-state index in [4.69, 9.17) is 9.47 Å². The molecule has 28 heteroatoms. The highest BCUT2D eigenvalue weighted by atomic mass is 19.4. The average Bonchev–Trinajstić information content (AvgIpc) is 3.34. The van der Waals surface area contributed by atoms with Crippen molar-refractivity contribution in [3.05, 3.63) is 0 Å². The van der Waals surface area contributed by atoms with Crippen molar-refractivity contribution < 1.29 is 114 Å². The minimum absolute atomic E-state index is 0. The molecule has 80 heavy (non-hydrogen) atoms. The highest BCUT2D eigenvalue weighted by molar-refractivity contribution is 5.70. The van der Waals surface area contributed by atoms with E-state index in [2.05, 4.69) is 34.9 Å². The summed E-state index contributed by atoms with van der Waals surface area (Å²) in [5.41, 5.74) is 0. The Morgan fingerprint density at radius 3 is 1.06 bits per heavy atom. The molecule has 6 unspecified atom stereocenters. The Bertz CT molecular complexity index is 1600. The van der Waals surface area contributed by atoms with Crippen molar-refractivity contribution in [3.8, 4) is 0 Å². The van der Waals surface area contributed by atoms with Crippen LogP contribution in [0, 0.1) is 35.5 Å². The van der Waals surface area contributed by atoms with Gasteiger partial charge in [0.05, 0.1) is 39.3 Å². The Morgan fingerprint density at radius 2 is 0.725 bits per heavy atom. The molecular weight excluding hydrogens is 1110 g/mol. The number of ether oxygens (including phenoxy) is 6. The summed E-state index contributed by atoms with van der Waals surface area (Å²) in [5.74, 6) is -0.521. The van der Waals surface area contributed by atoms with E-state index >= 15 is 0 Å². The van der Waals surface area contributed by atoms with Gasteiger partial charge >= 0.3 is 54.7 Å². The lowest BCUT2D eigenvalue weighted by atomic mass is 9.79. The van der Waals surface area contributed by atoms with Crippen LogP contribution in [-0.2, 0) is 42.8 Å². The molecule has 0 heterocycles. The molecule has 0 radical (unpaired) electrons. The van der Waals surface area contributed by atoms with Crippen molar-refractivity contribution in [2.24, 2.45) is 35.5 Å². The van der Waals surface area contributed by atoms with Crippen LogP contribution in [0.15, 0.2) is 0 Å². The number of nitrogens with one attached hydrogen (secondary N) is 3. The van der Waals surface area contributed by atoms with Crippen molar-refractivity contribution >= 4 is 36.2 Å². The molecule has 3 saturated carbocycles. The van der Waals surface area contributed by atoms with Crippen LogP contribution in [0.3, 0.4) is 0 Å². The largest absolute Gasteiger partial charge is 0.465 e. The van der Waals surface area contributed by atoms with Crippen LogP contribution in [0.1, 0.15) is 170 Å². The number of amides is 3. The fourth-order valence-electron chi connectivity index (χ4n) is 8.90. The Labute approximate surface area is 462 Å². The van der Waals surface area contributed by atoms with Gasteiger partial charge in [0.25, 0.3) is 0 Å². The van der Waals surface area contributed by atoms with Gasteiger partial charge in [0, 0.05) is 51.7 Å². The lowest BCUT2D eigenvalue weighted by molar-refractivity contribution is -0.186. The van der Waals surface area contributed by atoms with Gasteiger partial charge in [-0.25, -0.2) is 31.9 Å². The number of carbonyl (C=O) groups excluding carboxylic acids is 6. The SMILES string of the molecule is C.C.C.CCOC(=O)NCC1CCCC(CCC(=O)OCC(F)(F)F)C1.O=C(CCC1CCCC(CNC(=O)OCCC(F)(F)F)C1)OCCC(F)(F)F.O=C(CCC1CCCC(CNC(=O)OCCC(F)F)C1)OCCC(F)F. The molecular formula is C52H88F13N3O12. The fraction of sp³-hybridized carbons (Fsp3) is 0.885. The first-order chi connectivity index (χ1) is 36.1. The van der Waals surface area contributed by atoms with Crippen LogP contribution in [0.25, 0.3) is 0 Å². The van der Waals surface area contributed by atoms with Gasteiger partial charge in [0.1, 0.15) is 6.61 Å². The van der Waals surface area contributed by atoms with Crippen LogP contribution in [-0.4, -0.2) is 127 Å². The van der Waals surface area contributed by atoms with Gasteiger partial charge in [-0.3, -0.25) is 14.4 Å². The number of hydrogen-bond acceptors (Lipinski definition) is 12. The Hall–Kier alpha value is -4.69. The van der Waals surface area contributed by atoms with E-state index in [1.54, 1.807) is 6.92 Å². The minimum atomic E-state index is -4.48. The van der Waals surface area contributed by atoms with Crippen LogP contribution in [0.2, 0.25) is 0 Å². The van der Waals surface area contributed by atoms with Crippen molar-refractivity contribution in [1.82, 2.24) is 16.0 Å². The molecule has 474 valence electrons. The summed E-state index contributed by atoms with van der Waals surface area (Å²) in [4.78, 5) is 68.4.